The summed E-state index contributed by atoms with van der Waals surface area (Å²) in [5.74, 6) is 1.43. The summed E-state index contributed by atoms with van der Waals surface area (Å²) in [7, 11) is 3.02. The van der Waals surface area contributed by atoms with Gasteiger partial charge in [-0.05, 0) is 18.1 Å². The third kappa shape index (κ3) is 2.02. The molecule has 1 spiro atoms. The molecule has 0 aromatic heterocycles. The fourth-order valence-electron chi connectivity index (χ4n) is 4.22. The van der Waals surface area contributed by atoms with E-state index < -0.39 is 6.10 Å². The van der Waals surface area contributed by atoms with E-state index in [1.54, 1.807) is 12.0 Å². The lowest BCUT2D eigenvalue weighted by Gasteiger charge is -2.35. The smallest absolute Gasteiger partial charge is 0.409 e. The van der Waals surface area contributed by atoms with E-state index in [0.29, 0.717) is 25.3 Å². The van der Waals surface area contributed by atoms with Gasteiger partial charge >= 0.3 is 6.09 Å². The largest absolute Gasteiger partial charge is 0.493 e. The molecule has 0 radical (unpaired) electrons. The van der Waals surface area contributed by atoms with Crippen LogP contribution in [0.3, 0.4) is 0 Å². The summed E-state index contributed by atoms with van der Waals surface area (Å²) in [6.07, 6.45) is 4.17. The first-order valence-electron chi connectivity index (χ1n) is 8.16. The first-order chi connectivity index (χ1) is 11.6. The molecular weight excluding hydrogens is 310 g/mol. The molecule has 0 saturated heterocycles. The van der Waals surface area contributed by atoms with Crippen molar-refractivity contribution in [1.82, 2.24) is 4.90 Å². The average Bonchev–Trinajstić information content (AvgIpc) is 2.82. The van der Waals surface area contributed by atoms with Crippen LogP contribution in [0.5, 0.6) is 11.5 Å². The minimum atomic E-state index is -0.510. The van der Waals surface area contributed by atoms with Gasteiger partial charge in [0.15, 0.2) is 11.5 Å². The van der Waals surface area contributed by atoms with Crippen LogP contribution >= 0.6 is 0 Å². The quantitative estimate of drug-likeness (QED) is 0.797. The fraction of sp³-hybridized carbons (Fsp3) is 0.500. The van der Waals surface area contributed by atoms with Crippen molar-refractivity contribution < 1.29 is 24.1 Å². The Morgan fingerprint density at radius 2 is 2.25 bits per heavy atom. The van der Waals surface area contributed by atoms with Gasteiger partial charge in [0.05, 0.1) is 25.7 Å². The second-order valence-corrected chi connectivity index (χ2v) is 6.58. The van der Waals surface area contributed by atoms with Crippen LogP contribution in [0.2, 0.25) is 0 Å². The highest BCUT2D eigenvalue weighted by Crippen LogP contribution is 2.55. The van der Waals surface area contributed by atoms with E-state index in [1.807, 2.05) is 18.2 Å². The van der Waals surface area contributed by atoms with Crippen molar-refractivity contribution in [3.8, 4) is 11.5 Å². The number of carbonyl (C=O) groups excluding carboxylic acids is 1. The second kappa shape index (κ2) is 5.41. The van der Waals surface area contributed by atoms with Gasteiger partial charge in [0.25, 0.3) is 0 Å². The molecule has 3 atom stereocenters. The number of aliphatic hydroxyl groups excluding tert-OH is 1. The zero-order valence-electron chi connectivity index (χ0n) is 13.8. The minimum Gasteiger partial charge on any atom is -0.493 e. The zero-order chi connectivity index (χ0) is 16.9. The lowest BCUT2D eigenvalue weighted by Crippen LogP contribution is -2.43. The number of nitrogens with zero attached hydrogens (tertiary/aromatic N) is 1. The molecule has 1 N–H and O–H groups in total. The molecule has 2 aliphatic heterocycles. The summed E-state index contributed by atoms with van der Waals surface area (Å²) in [5.41, 5.74) is 1.79. The summed E-state index contributed by atoms with van der Waals surface area (Å²) < 4.78 is 16.6. The van der Waals surface area contributed by atoms with Gasteiger partial charge in [-0.3, -0.25) is 0 Å². The number of carbonyl (C=O) groups is 1. The molecule has 0 bridgehead atoms. The number of ether oxygens (including phenoxy) is 3. The van der Waals surface area contributed by atoms with Gasteiger partial charge in [0, 0.05) is 25.1 Å². The number of aliphatic hydroxyl groups is 1. The fourth-order valence-corrected chi connectivity index (χ4v) is 4.22. The van der Waals surface area contributed by atoms with Gasteiger partial charge < -0.3 is 24.2 Å². The molecule has 0 saturated carbocycles. The molecule has 128 valence electrons. The molecule has 1 amide bonds. The van der Waals surface area contributed by atoms with E-state index in [0.717, 1.165) is 23.3 Å². The van der Waals surface area contributed by atoms with Crippen LogP contribution in [-0.2, 0) is 16.7 Å². The number of hydrogen-bond donors (Lipinski definition) is 1. The Balaban J connectivity index is 1.88. The summed E-state index contributed by atoms with van der Waals surface area (Å²) in [6.45, 7) is 1.05. The highest BCUT2D eigenvalue weighted by Gasteiger charge is 2.53. The van der Waals surface area contributed by atoms with Gasteiger partial charge in [-0.1, -0.05) is 18.2 Å². The van der Waals surface area contributed by atoms with Crippen LogP contribution in [0.15, 0.2) is 24.3 Å². The molecule has 6 nitrogen and oxygen atoms in total. The SMILES string of the molecule is COC(=O)N1CCC23C=C[C@H](O)CC2Oc2c(OC)ccc(c23)C1. The first-order valence-corrected chi connectivity index (χ1v) is 8.16. The van der Waals surface area contributed by atoms with Crippen molar-refractivity contribution in [1.29, 1.82) is 0 Å². The maximum atomic E-state index is 12.1. The van der Waals surface area contributed by atoms with Crippen molar-refractivity contribution >= 4 is 6.09 Å². The van der Waals surface area contributed by atoms with Gasteiger partial charge in [-0.15, -0.1) is 0 Å². The number of rotatable bonds is 1. The van der Waals surface area contributed by atoms with Gasteiger partial charge in [-0.2, -0.15) is 0 Å². The van der Waals surface area contributed by atoms with E-state index in [2.05, 4.69) is 6.08 Å². The summed E-state index contributed by atoms with van der Waals surface area (Å²) >= 11 is 0. The molecule has 6 heteroatoms. The maximum absolute atomic E-state index is 12.1. The lowest BCUT2D eigenvalue weighted by molar-refractivity contribution is 0.0782. The first kappa shape index (κ1) is 15.3. The highest BCUT2D eigenvalue weighted by atomic mass is 16.5. The van der Waals surface area contributed by atoms with Gasteiger partial charge in [0.2, 0.25) is 0 Å². The van der Waals surface area contributed by atoms with Crippen LogP contribution in [0, 0.1) is 0 Å². The van der Waals surface area contributed by atoms with Crippen LogP contribution in [0.25, 0.3) is 0 Å². The zero-order valence-corrected chi connectivity index (χ0v) is 13.8. The monoisotopic (exact) mass is 331 g/mol. The minimum absolute atomic E-state index is 0.153. The van der Waals surface area contributed by atoms with Crippen molar-refractivity contribution in [2.75, 3.05) is 20.8 Å². The molecule has 3 aliphatic rings. The summed E-state index contributed by atoms with van der Waals surface area (Å²) in [5, 5.41) is 10.0. The third-order valence-corrected chi connectivity index (χ3v) is 5.39. The Morgan fingerprint density at radius 1 is 1.42 bits per heavy atom. The molecule has 1 aliphatic carbocycles. The van der Waals surface area contributed by atoms with E-state index in [4.69, 9.17) is 14.2 Å². The number of amides is 1. The van der Waals surface area contributed by atoms with Crippen LogP contribution in [0.1, 0.15) is 24.0 Å². The molecule has 2 heterocycles. The Hall–Kier alpha value is -2.21. The predicted octanol–water partition coefficient (Wildman–Crippen LogP) is 1.99. The highest BCUT2D eigenvalue weighted by molar-refractivity contribution is 5.69. The molecule has 24 heavy (non-hydrogen) atoms. The Kier molecular flexibility index (Phi) is 3.46. The molecule has 4 rings (SSSR count). The Bertz CT molecular complexity index is 716. The second-order valence-electron chi connectivity index (χ2n) is 6.58. The van der Waals surface area contributed by atoms with Crippen molar-refractivity contribution in [2.24, 2.45) is 0 Å². The summed E-state index contributed by atoms with van der Waals surface area (Å²) in [4.78, 5) is 13.8. The standard InChI is InChI=1S/C18H21NO5/c1-22-13-4-3-11-10-19(17(21)23-2)8-7-18-6-5-12(20)9-14(18)24-16(13)15(11)18/h3-6,12,14,20H,7-10H2,1-2H3/t12-,14?,18?/m0/s1. The van der Waals surface area contributed by atoms with E-state index in [9.17, 15) is 9.90 Å². The average molecular weight is 331 g/mol. The maximum Gasteiger partial charge on any atom is 0.409 e. The van der Waals surface area contributed by atoms with Gasteiger partial charge in [-0.25, -0.2) is 4.79 Å². The van der Waals surface area contributed by atoms with Crippen LogP contribution in [-0.4, -0.2) is 49.1 Å². The molecule has 1 aromatic carbocycles. The number of hydrogen-bond acceptors (Lipinski definition) is 5. The number of benzene rings is 1. The van der Waals surface area contributed by atoms with Crippen molar-refractivity contribution in [2.45, 2.75) is 37.0 Å². The van der Waals surface area contributed by atoms with Crippen LogP contribution < -0.4 is 9.47 Å². The molecule has 0 fully saturated rings. The molecule has 1 aromatic rings. The topological polar surface area (TPSA) is 68.2 Å². The Morgan fingerprint density at radius 3 is 3.00 bits per heavy atom. The van der Waals surface area contributed by atoms with E-state index in [1.165, 1.54) is 7.11 Å². The molecular formula is C18H21NO5. The normalized spacial score (nSPS) is 30.0. The lowest BCUT2D eigenvalue weighted by atomic mass is 9.69. The van der Waals surface area contributed by atoms with Crippen LogP contribution in [0.4, 0.5) is 4.79 Å². The summed E-state index contributed by atoms with van der Waals surface area (Å²) in [6, 6.07) is 3.87. The van der Waals surface area contributed by atoms with Crippen molar-refractivity contribution in [3.63, 3.8) is 0 Å². The van der Waals surface area contributed by atoms with Gasteiger partial charge in [0.1, 0.15) is 6.10 Å². The number of methoxy groups -OCH3 is 2. The third-order valence-electron chi connectivity index (χ3n) is 5.39. The van der Waals surface area contributed by atoms with Crippen molar-refractivity contribution in [3.05, 3.63) is 35.4 Å². The Labute approximate surface area is 140 Å². The van der Waals surface area contributed by atoms with E-state index >= 15 is 0 Å². The van der Waals surface area contributed by atoms with E-state index in [-0.39, 0.29) is 17.6 Å². The predicted molar refractivity (Wildman–Crippen MR) is 86.3 cm³/mol. The molecule has 2 unspecified atom stereocenters.